The first-order valence-corrected chi connectivity index (χ1v) is 16.3. The zero-order chi connectivity index (χ0) is 36.4. The molecular weight excluding hydrogens is 661 g/mol. The number of anilines is 2. The summed E-state index contributed by atoms with van der Waals surface area (Å²) in [6.45, 7) is 6.67. The fourth-order valence-electron chi connectivity index (χ4n) is 4.50. The van der Waals surface area contributed by atoms with Gasteiger partial charge in [-0.15, -0.1) is 0 Å². The van der Waals surface area contributed by atoms with E-state index in [1.165, 1.54) is 68.3 Å². The van der Waals surface area contributed by atoms with E-state index in [4.69, 9.17) is 0 Å². The minimum absolute atomic E-state index is 0.0383. The second-order valence-corrected chi connectivity index (χ2v) is 14.0. The Kier molecular flexibility index (Phi) is 10.4. The molecule has 2 heterocycles. The van der Waals surface area contributed by atoms with Crippen LogP contribution in [0.25, 0.3) is 5.82 Å². The number of carbonyl (C=O) groups is 3. The Labute approximate surface area is 280 Å². The van der Waals surface area contributed by atoms with Crippen molar-refractivity contribution in [3.63, 3.8) is 0 Å². The molecule has 256 valence electrons. The minimum atomic E-state index is -4.41. The van der Waals surface area contributed by atoms with Gasteiger partial charge in [0.05, 0.1) is 22.2 Å². The summed E-state index contributed by atoms with van der Waals surface area (Å²) >= 11 is 0. The number of aryl methyl sites for hydroxylation is 2. The maximum absolute atomic E-state index is 15.1. The molecule has 2 aromatic heterocycles. The lowest BCUT2D eigenvalue weighted by Gasteiger charge is -2.18. The van der Waals surface area contributed by atoms with E-state index in [2.05, 4.69) is 15.6 Å². The molecule has 2 aromatic carbocycles. The van der Waals surface area contributed by atoms with Gasteiger partial charge in [-0.3, -0.25) is 19.1 Å². The van der Waals surface area contributed by atoms with Crippen molar-refractivity contribution >= 4 is 46.7 Å². The highest BCUT2D eigenvalue weighted by atomic mass is 32.2. The van der Waals surface area contributed by atoms with Crippen LogP contribution >= 0.6 is 0 Å². The molecule has 0 aliphatic heterocycles. The van der Waals surface area contributed by atoms with E-state index in [-0.39, 0.29) is 23.0 Å². The molecule has 0 unspecified atom stereocenters. The zero-order valence-corrected chi connectivity index (χ0v) is 28.2. The summed E-state index contributed by atoms with van der Waals surface area (Å²) < 4.78 is 60.0. The van der Waals surface area contributed by atoms with Crippen LogP contribution in [-0.4, -0.2) is 53.9 Å². The summed E-state index contributed by atoms with van der Waals surface area (Å²) in [7, 11) is -1.74. The highest BCUT2D eigenvalue weighted by molar-refractivity contribution is 7.92. The van der Waals surface area contributed by atoms with E-state index in [1.807, 2.05) is 4.72 Å². The normalized spacial score (nSPS) is 12.2. The molecule has 0 spiro atoms. The lowest BCUT2D eigenvalue weighted by molar-refractivity contribution is -0.123. The Morgan fingerprint density at radius 3 is 2.22 bits per heavy atom. The molecule has 13 nitrogen and oxygen atoms in total. The number of rotatable bonds is 10. The molecule has 17 heteroatoms. The van der Waals surface area contributed by atoms with Crippen molar-refractivity contribution in [2.24, 2.45) is 12.5 Å². The lowest BCUT2D eigenvalue weighted by atomic mass is 9.90. The summed E-state index contributed by atoms with van der Waals surface area (Å²) in [6, 6.07) is 7.71. The number of hydrogen-bond acceptors (Lipinski definition) is 8. The zero-order valence-electron chi connectivity index (χ0n) is 27.4. The van der Waals surface area contributed by atoms with Gasteiger partial charge in [0.2, 0.25) is 5.91 Å². The number of halogens is 2. The van der Waals surface area contributed by atoms with Gasteiger partial charge in [0.15, 0.2) is 7.85 Å². The number of nitrogens with one attached hydrogen (secondary N) is 3. The monoisotopic (exact) mass is 694 g/mol. The van der Waals surface area contributed by atoms with E-state index >= 15 is 8.78 Å². The van der Waals surface area contributed by atoms with Crippen molar-refractivity contribution in [1.29, 1.82) is 0 Å². The molecule has 49 heavy (non-hydrogen) atoms. The van der Waals surface area contributed by atoms with E-state index in [1.54, 1.807) is 27.7 Å². The van der Waals surface area contributed by atoms with Crippen molar-refractivity contribution in [3.05, 3.63) is 110 Å². The van der Waals surface area contributed by atoms with Gasteiger partial charge in [-0.25, -0.2) is 31.5 Å². The van der Waals surface area contributed by atoms with Crippen LogP contribution in [0.2, 0.25) is 0 Å². The Morgan fingerprint density at radius 1 is 1.00 bits per heavy atom. The van der Waals surface area contributed by atoms with E-state index in [9.17, 15) is 32.4 Å². The van der Waals surface area contributed by atoms with Gasteiger partial charge in [-0.1, -0.05) is 26.8 Å². The fraction of sp³-hybridized carbons (Fsp3) is 0.250. The van der Waals surface area contributed by atoms with Gasteiger partial charge < -0.3 is 20.0 Å². The van der Waals surface area contributed by atoms with Crippen LogP contribution in [-0.2, 0) is 33.1 Å². The molecule has 0 radical (unpaired) electrons. The van der Waals surface area contributed by atoms with Crippen molar-refractivity contribution in [1.82, 2.24) is 19.4 Å². The van der Waals surface area contributed by atoms with Crippen LogP contribution in [0.4, 0.5) is 20.2 Å². The average molecular weight is 695 g/mol. The van der Waals surface area contributed by atoms with Gasteiger partial charge in [-0.2, -0.15) is 0 Å². The molecule has 0 saturated carbocycles. The first kappa shape index (κ1) is 36.4. The molecule has 0 aliphatic rings. The summed E-state index contributed by atoms with van der Waals surface area (Å²) in [4.78, 5) is 66.4. The van der Waals surface area contributed by atoms with Gasteiger partial charge >= 0.3 is 5.69 Å². The van der Waals surface area contributed by atoms with Crippen LogP contribution in [0.1, 0.15) is 42.3 Å². The third-order valence-electron chi connectivity index (χ3n) is 7.34. The maximum atomic E-state index is 15.1. The molecule has 3 N–H and O–H groups in total. The number of amides is 2. The quantitative estimate of drug-likeness (QED) is 0.211. The smallest absolute Gasteiger partial charge is 0.336 e. The summed E-state index contributed by atoms with van der Waals surface area (Å²) in [5.74, 6) is -3.93. The predicted octanol–water partition coefficient (Wildman–Crippen LogP) is 1.80. The van der Waals surface area contributed by atoms with Gasteiger partial charge in [0.25, 0.3) is 21.5 Å². The standard InChI is InChI=1S/C32H33BF2N6O7S/c1-17-16-40(5)31(46)41(29(17)44)26-11-6-18(15-36-26)12-25(27(33)42)38-28(43)21-13-23(35)24(14-22(21)34)39-49(47,48)20-9-7-19(8-10-20)37-30(45)32(2,3)4/h6-11,13-16,25,39H,12,33H2,1-5H3,(H,37,45)(H,38,43)/t25-/m0/s1. The van der Waals surface area contributed by atoms with Crippen molar-refractivity contribution in [2.75, 3.05) is 10.0 Å². The molecule has 0 saturated heterocycles. The minimum Gasteiger partial charge on any atom is -0.343 e. The summed E-state index contributed by atoms with van der Waals surface area (Å²) in [5.41, 5.74) is -2.87. The Hall–Kier alpha value is -5.45. The predicted molar refractivity (Wildman–Crippen MR) is 180 cm³/mol. The third-order valence-corrected chi connectivity index (χ3v) is 8.73. The Balaban J connectivity index is 1.48. The molecular formula is C32H33BF2N6O7S. The second-order valence-electron chi connectivity index (χ2n) is 12.4. The van der Waals surface area contributed by atoms with E-state index in [0.29, 0.717) is 28.9 Å². The molecule has 0 bridgehead atoms. The van der Waals surface area contributed by atoms with Crippen LogP contribution in [0.5, 0.6) is 0 Å². The molecule has 0 fully saturated rings. The van der Waals surface area contributed by atoms with Crippen LogP contribution < -0.4 is 26.6 Å². The molecule has 4 aromatic rings. The number of benzene rings is 2. The SMILES string of the molecule is BC(=O)[C@H](Cc1ccc(-n2c(=O)c(C)cn(C)c2=O)nc1)NC(=O)c1cc(F)c(NS(=O)(=O)c2ccc(NC(=O)C(C)(C)C)cc2)cc1F. The third kappa shape index (κ3) is 8.35. The first-order chi connectivity index (χ1) is 22.8. The van der Waals surface area contributed by atoms with Crippen LogP contribution in [0, 0.1) is 24.0 Å². The molecule has 1 atom stereocenters. The van der Waals surface area contributed by atoms with Gasteiger partial charge in [0, 0.05) is 48.6 Å². The number of carbonyl (C=O) groups excluding carboxylic acids is 3. The van der Waals surface area contributed by atoms with Crippen molar-refractivity contribution in [3.8, 4) is 5.82 Å². The first-order valence-electron chi connectivity index (χ1n) is 14.8. The average Bonchev–Trinajstić information content (AvgIpc) is 3.01. The second kappa shape index (κ2) is 14.0. The number of aromatic nitrogens is 3. The topological polar surface area (TPSA) is 178 Å². The van der Waals surface area contributed by atoms with E-state index in [0.717, 1.165) is 4.57 Å². The highest BCUT2D eigenvalue weighted by Crippen LogP contribution is 2.25. The van der Waals surface area contributed by atoms with Crippen molar-refractivity contribution in [2.45, 2.75) is 45.1 Å². The Morgan fingerprint density at radius 2 is 1.65 bits per heavy atom. The molecule has 4 rings (SSSR count). The summed E-state index contributed by atoms with van der Waals surface area (Å²) in [5, 5.41) is 4.99. The van der Waals surface area contributed by atoms with Gasteiger partial charge in [0.1, 0.15) is 23.1 Å². The van der Waals surface area contributed by atoms with Gasteiger partial charge in [-0.05, 0) is 48.9 Å². The fourth-order valence-corrected chi connectivity index (χ4v) is 5.56. The highest BCUT2D eigenvalue weighted by Gasteiger charge is 2.25. The van der Waals surface area contributed by atoms with E-state index < -0.39 is 67.2 Å². The largest absolute Gasteiger partial charge is 0.343 e. The Bertz CT molecular complexity index is 2150. The van der Waals surface area contributed by atoms with Crippen molar-refractivity contribution < 1.29 is 31.6 Å². The molecule has 0 aliphatic carbocycles. The van der Waals surface area contributed by atoms with Crippen LogP contribution in [0.15, 0.2) is 75.4 Å². The number of hydrogen-bond donors (Lipinski definition) is 3. The number of sulfonamides is 1. The summed E-state index contributed by atoms with van der Waals surface area (Å²) in [6.07, 6.45) is 2.59. The number of pyridine rings is 1. The number of nitrogens with zero attached hydrogens (tertiary/aromatic N) is 3. The van der Waals surface area contributed by atoms with Crippen LogP contribution in [0.3, 0.4) is 0 Å². The lowest BCUT2D eigenvalue weighted by Crippen LogP contribution is -2.43. The maximum Gasteiger partial charge on any atom is 0.336 e. The molecule has 2 amide bonds.